The summed E-state index contributed by atoms with van der Waals surface area (Å²) < 4.78 is 44.5. The number of anilines is 2. The Morgan fingerprint density at radius 2 is 1.03 bits per heavy atom. The van der Waals surface area contributed by atoms with Gasteiger partial charge in [0.1, 0.15) is 5.41 Å². The fourth-order valence-electron chi connectivity index (χ4n) is 4.02. The highest BCUT2D eigenvalue weighted by molar-refractivity contribution is 5.75. The molecular weight excluding hydrogens is 421 g/mol. The topological polar surface area (TPSA) is 52.0 Å². The normalized spacial score (nSPS) is 11.7. The molecule has 3 aromatic rings. The van der Waals surface area contributed by atoms with Crippen LogP contribution < -0.4 is 11.5 Å². The second-order valence-electron chi connectivity index (χ2n) is 7.76. The Balaban J connectivity index is 0.000000367. The predicted octanol–water partition coefficient (Wildman–Crippen LogP) is 6.40. The molecule has 0 unspecified atom stereocenters. The minimum absolute atomic E-state index is 0.0189. The van der Waals surface area contributed by atoms with Gasteiger partial charge in [-0.25, -0.2) is 0 Å². The third-order valence-electron chi connectivity index (χ3n) is 5.82. The van der Waals surface area contributed by atoms with Crippen LogP contribution in [0.15, 0.2) is 97.1 Å². The SMILES string of the molecule is C#Cc1ccccc1C(c1ccc(N)cc1)(c1ccc(N)cc1)C(F)(F)F.c1cc2ccc1-2. The number of benzene rings is 4. The van der Waals surface area contributed by atoms with Gasteiger partial charge in [-0.1, -0.05) is 72.7 Å². The first kappa shape index (κ1) is 22.0. The number of nitrogens with two attached hydrogens (primary N) is 2. The van der Waals surface area contributed by atoms with Crippen LogP contribution >= 0.6 is 0 Å². The number of halogens is 3. The van der Waals surface area contributed by atoms with Gasteiger partial charge in [0.15, 0.2) is 0 Å². The third kappa shape index (κ3) is 3.81. The average Bonchev–Trinajstić information content (AvgIpc) is 2.79. The molecule has 0 aliphatic heterocycles. The van der Waals surface area contributed by atoms with Crippen molar-refractivity contribution in [1.29, 1.82) is 0 Å². The minimum Gasteiger partial charge on any atom is -0.399 e. The van der Waals surface area contributed by atoms with E-state index in [9.17, 15) is 13.2 Å². The first-order chi connectivity index (χ1) is 15.8. The second kappa shape index (κ2) is 8.40. The highest BCUT2D eigenvalue weighted by Gasteiger charge is 2.59. The molecule has 2 aliphatic rings. The van der Waals surface area contributed by atoms with E-state index in [0.29, 0.717) is 11.4 Å². The summed E-state index contributed by atoms with van der Waals surface area (Å²) in [5, 5.41) is 0. The zero-order valence-corrected chi connectivity index (χ0v) is 17.6. The van der Waals surface area contributed by atoms with Crippen LogP contribution in [0.25, 0.3) is 11.1 Å². The Morgan fingerprint density at radius 3 is 1.36 bits per heavy atom. The van der Waals surface area contributed by atoms with Crippen molar-refractivity contribution in [3.05, 3.63) is 119 Å². The van der Waals surface area contributed by atoms with E-state index in [2.05, 4.69) is 30.2 Å². The Kier molecular flexibility index (Phi) is 5.61. The lowest BCUT2D eigenvalue weighted by molar-refractivity contribution is -0.166. The van der Waals surface area contributed by atoms with Crippen molar-refractivity contribution in [1.82, 2.24) is 0 Å². The molecule has 164 valence electrons. The molecule has 5 heteroatoms. The first-order valence-corrected chi connectivity index (χ1v) is 10.2. The number of hydrogen-bond donors (Lipinski definition) is 2. The van der Waals surface area contributed by atoms with Crippen molar-refractivity contribution in [3.8, 4) is 23.5 Å². The van der Waals surface area contributed by atoms with Crippen molar-refractivity contribution >= 4 is 11.4 Å². The van der Waals surface area contributed by atoms with E-state index in [1.165, 1.54) is 71.8 Å². The summed E-state index contributed by atoms with van der Waals surface area (Å²) in [6.07, 6.45) is 0.863. The van der Waals surface area contributed by atoms with E-state index in [1.54, 1.807) is 12.1 Å². The summed E-state index contributed by atoms with van der Waals surface area (Å²) in [5.41, 5.74) is 12.7. The molecule has 0 radical (unpaired) electrons. The third-order valence-corrected chi connectivity index (χ3v) is 5.82. The van der Waals surface area contributed by atoms with Gasteiger partial charge in [0.05, 0.1) is 0 Å². The van der Waals surface area contributed by atoms with Crippen molar-refractivity contribution in [3.63, 3.8) is 0 Å². The Hall–Kier alpha value is -4.17. The molecule has 2 aliphatic carbocycles. The highest BCUT2D eigenvalue weighted by atomic mass is 19.4. The number of terminal acetylenes is 1. The summed E-state index contributed by atoms with van der Waals surface area (Å²) in [6.45, 7) is 0. The summed E-state index contributed by atoms with van der Waals surface area (Å²) in [5.74, 6) is 2.39. The zero-order chi connectivity index (χ0) is 23.6. The quantitative estimate of drug-likeness (QED) is 0.193. The van der Waals surface area contributed by atoms with E-state index in [0.717, 1.165) is 0 Å². The Labute approximate surface area is 190 Å². The van der Waals surface area contributed by atoms with Crippen molar-refractivity contribution in [2.75, 3.05) is 11.5 Å². The van der Waals surface area contributed by atoms with Gasteiger partial charge in [-0.2, -0.15) is 13.2 Å². The van der Waals surface area contributed by atoms with E-state index < -0.39 is 11.6 Å². The van der Waals surface area contributed by atoms with Gasteiger partial charge in [-0.05, 0) is 58.1 Å². The minimum atomic E-state index is -4.67. The van der Waals surface area contributed by atoms with Crippen molar-refractivity contribution in [2.24, 2.45) is 0 Å². The standard InChI is InChI=1S/C22H17F3N2.C6H4/c1-2-15-5-3-4-6-20(15)21(22(23,24)25,16-7-11-18(26)12-8-16)17-9-13-19(27)14-10-17;1-2-6-4-3-5(1)6/h1,3-14H,26-27H2;1-4H. The zero-order valence-electron chi connectivity index (χ0n) is 17.6. The van der Waals surface area contributed by atoms with E-state index in [1.807, 2.05) is 0 Å². The molecule has 5 rings (SSSR count). The molecule has 0 aromatic heterocycles. The largest absolute Gasteiger partial charge is 0.406 e. The molecule has 0 fully saturated rings. The molecule has 2 nitrogen and oxygen atoms in total. The first-order valence-electron chi connectivity index (χ1n) is 10.2. The van der Waals surface area contributed by atoms with Crippen LogP contribution in [0.5, 0.6) is 0 Å². The van der Waals surface area contributed by atoms with Crippen LogP contribution in [-0.2, 0) is 5.41 Å². The molecule has 0 saturated heterocycles. The fourth-order valence-corrected chi connectivity index (χ4v) is 4.02. The molecule has 33 heavy (non-hydrogen) atoms. The lowest BCUT2D eigenvalue weighted by Gasteiger charge is -2.38. The fraction of sp³-hybridized carbons (Fsp3) is 0.0714. The Morgan fingerprint density at radius 1 is 0.606 bits per heavy atom. The molecule has 0 heterocycles. The van der Waals surface area contributed by atoms with Crippen LogP contribution in [0.4, 0.5) is 24.5 Å². The van der Waals surface area contributed by atoms with E-state index in [-0.39, 0.29) is 22.3 Å². The van der Waals surface area contributed by atoms with Crippen LogP contribution in [0.1, 0.15) is 22.3 Å². The molecule has 4 N–H and O–H groups in total. The number of rotatable bonds is 3. The summed E-state index contributed by atoms with van der Waals surface area (Å²) in [7, 11) is 0. The maximum absolute atomic E-state index is 14.8. The number of fused-ring (bicyclic) bond motifs is 1. The molecule has 0 atom stereocenters. The lowest BCUT2D eigenvalue weighted by Crippen LogP contribution is -2.45. The maximum Gasteiger partial charge on any atom is 0.406 e. The van der Waals surface area contributed by atoms with Gasteiger partial charge in [0, 0.05) is 16.9 Å². The number of nitrogen functional groups attached to an aromatic ring is 2. The predicted molar refractivity (Wildman–Crippen MR) is 127 cm³/mol. The van der Waals surface area contributed by atoms with Gasteiger partial charge in [-0.3, -0.25) is 0 Å². The monoisotopic (exact) mass is 442 g/mol. The summed E-state index contributed by atoms with van der Waals surface area (Å²) in [6, 6.07) is 25.9. The van der Waals surface area contributed by atoms with Crippen molar-refractivity contribution < 1.29 is 13.2 Å². The highest BCUT2D eigenvalue weighted by Crippen LogP contribution is 2.52. The Bertz CT molecular complexity index is 1230. The molecule has 0 bridgehead atoms. The second-order valence-corrected chi connectivity index (χ2v) is 7.76. The van der Waals surface area contributed by atoms with E-state index >= 15 is 0 Å². The summed E-state index contributed by atoms with van der Waals surface area (Å²) >= 11 is 0. The molecule has 0 saturated carbocycles. The maximum atomic E-state index is 14.8. The van der Waals surface area contributed by atoms with Crippen LogP contribution in [-0.4, -0.2) is 6.18 Å². The number of alkyl halides is 3. The van der Waals surface area contributed by atoms with E-state index in [4.69, 9.17) is 17.9 Å². The van der Waals surface area contributed by atoms with Gasteiger partial charge in [-0.15, -0.1) is 6.42 Å². The van der Waals surface area contributed by atoms with Crippen LogP contribution in [0.2, 0.25) is 0 Å². The van der Waals surface area contributed by atoms with Crippen LogP contribution in [0.3, 0.4) is 0 Å². The molecule has 0 amide bonds. The number of hydrogen-bond acceptors (Lipinski definition) is 2. The summed E-state index contributed by atoms with van der Waals surface area (Å²) in [4.78, 5) is 0. The smallest absolute Gasteiger partial charge is 0.399 e. The lowest BCUT2D eigenvalue weighted by atomic mass is 9.67. The molecule has 0 spiro atoms. The van der Waals surface area contributed by atoms with Gasteiger partial charge in [0.25, 0.3) is 0 Å². The molecular formula is C28H21F3N2. The van der Waals surface area contributed by atoms with Crippen molar-refractivity contribution in [2.45, 2.75) is 11.6 Å². The van der Waals surface area contributed by atoms with Gasteiger partial charge < -0.3 is 11.5 Å². The molecule has 3 aromatic carbocycles. The average molecular weight is 442 g/mol. The van der Waals surface area contributed by atoms with Crippen LogP contribution in [0, 0.1) is 12.3 Å². The van der Waals surface area contributed by atoms with Gasteiger partial charge in [0.2, 0.25) is 0 Å². The van der Waals surface area contributed by atoms with Gasteiger partial charge >= 0.3 is 6.18 Å².